The minimum atomic E-state index is 0.546. The van der Waals surface area contributed by atoms with Crippen LogP contribution in [0.5, 0.6) is 0 Å². The van der Waals surface area contributed by atoms with Gasteiger partial charge in [-0.15, -0.1) is 0 Å². The van der Waals surface area contributed by atoms with Gasteiger partial charge in [-0.25, -0.2) is 24.9 Å². The number of aromatic nitrogens is 6. The van der Waals surface area contributed by atoms with Crippen LogP contribution in [-0.4, -0.2) is 29.5 Å². The molecule has 0 fully saturated rings. The summed E-state index contributed by atoms with van der Waals surface area (Å²) in [6.45, 7) is 0. The van der Waals surface area contributed by atoms with E-state index >= 15 is 0 Å². The standard InChI is InChI=1S/C63H38N6O2/c1-2-11-39(12-3-1)47-14-10-15-49(37-47)69-54-35-34-48(38-51(54)58-50-16-5-4-13-41(50)33-36-55(58)69)40-21-23-42(24-22-40)59-66-60(43-25-29-45(30-26-43)62-64-52-17-6-8-19-56(52)70-62)68-61(67-59)44-27-31-46(32-28-44)63-65-53-18-7-9-20-57(53)71-63/h1-38H. The van der Waals surface area contributed by atoms with Gasteiger partial charge < -0.3 is 13.4 Å². The summed E-state index contributed by atoms with van der Waals surface area (Å²) >= 11 is 0. The molecule has 0 aliphatic rings. The van der Waals surface area contributed by atoms with E-state index in [1.807, 2.05) is 97.1 Å². The Labute approximate surface area is 406 Å². The Morgan fingerprint density at radius 1 is 0.296 bits per heavy atom. The SMILES string of the molecule is c1ccc(-c2cccc(-n3c4ccc(-c5ccc(-c6nc(-c7ccc(-c8nc9ccccc9o8)cc7)nc(-c7ccc(-c8nc9ccccc9o8)cc7)n6)cc5)cc4c4c5ccccc5ccc43)c2)cc1. The lowest BCUT2D eigenvalue weighted by Crippen LogP contribution is -2.00. The summed E-state index contributed by atoms with van der Waals surface area (Å²) in [5.74, 6) is 2.76. The quantitative estimate of drug-likeness (QED) is 0.150. The monoisotopic (exact) mass is 910 g/mol. The Bertz CT molecular complexity index is 4120. The van der Waals surface area contributed by atoms with Gasteiger partial charge in [-0.1, -0.05) is 152 Å². The highest BCUT2D eigenvalue weighted by Gasteiger charge is 2.19. The van der Waals surface area contributed by atoms with Gasteiger partial charge >= 0.3 is 0 Å². The Kier molecular flexibility index (Phi) is 9.35. The van der Waals surface area contributed by atoms with Crippen molar-refractivity contribution in [3.8, 4) is 85.0 Å². The fourth-order valence-corrected chi connectivity index (χ4v) is 9.79. The zero-order valence-electron chi connectivity index (χ0n) is 37.9. The molecule has 10 aromatic carbocycles. The summed E-state index contributed by atoms with van der Waals surface area (Å²) in [4.78, 5) is 24.7. The molecule has 0 amide bonds. The molecule has 0 aliphatic carbocycles. The van der Waals surface area contributed by atoms with Crippen molar-refractivity contribution in [2.75, 3.05) is 0 Å². The second kappa shape index (κ2) is 16.5. The molecule has 0 unspecified atom stereocenters. The Morgan fingerprint density at radius 3 is 1.37 bits per heavy atom. The van der Waals surface area contributed by atoms with Crippen LogP contribution in [-0.2, 0) is 0 Å². The first-order valence-corrected chi connectivity index (χ1v) is 23.6. The van der Waals surface area contributed by atoms with E-state index in [1.165, 1.54) is 38.2 Å². The summed E-state index contributed by atoms with van der Waals surface area (Å²) in [5, 5.41) is 4.86. The second-order valence-electron chi connectivity index (χ2n) is 17.7. The van der Waals surface area contributed by atoms with Crippen LogP contribution in [0.15, 0.2) is 239 Å². The van der Waals surface area contributed by atoms with Crippen LogP contribution in [0.3, 0.4) is 0 Å². The number of nitrogens with zero attached hydrogens (tertiary/aromatic N) is 6. The lowest BCUT2D eigenvalue weighted by atomic mass is 9.99. The molecule has 4 heterocycles. The highest BCUT2D eigenvalue weighted by atomic mass is 16.4. The third kappa shape index (κ3) is 7.13. The van der Waals surface area contributed by atoms with Crippen LogP contribution >= 0.6 is 0 Å². The Hall–Kier alpha value is -9.79. The van der Waals surface area contributed by atoms with E-state index in [1.54, 1.807) is 0 Å². The first kappa shape index (κ1) is 40.3. The van der Waals surface area contributed by atoms with Gasteiger partial charge in [0.25, 0.3) is 0 Å². The maximum atomic E-state index is 6.08. The number of benzene rings is 10. The van der Waals surface area contributed by atoms with E-state index in [0.29, 0.717) is 29.3 Å². The molecule has 0 saturated carbocycles. The molecule has 0 atom stereocenters. The van der Waals surface area contributed by atoms with Gasteiger partial charge in [0.2, 0.25) is 11.8 Å². The number of oxazole rings is 2. The van der Waals surface area contributed by atoms with Crippen LogP contribution in [0.4, 0.5) is 0 Å². The normalized spacial score (nSPS) is 11.7. The molecule has 14 rings (SSSR count). The number of para-hydroxylation sites is 4. The van der Waals surface area contributed by atoms with Gasteiger partial charge in [-0.05, 0) is 112 Å². The minimum absolute atomic E-state index is 0.546. The largest absolute Gasteiger partial charge is 0.436 e. The highest BCUT2D eigenvalue weighted by molar-refractivity contribution is 6.22. The summed E-state index contributed by atoms with van der Waals surface area (Å²) in [7, 11) is 0. The zero-order chi connectivity index (χ0) is 46.8. The average molecular weight is 911 g/mol. The molecule has 4 aromatic heterocycles. The molecule has 0 bridgehead atoms. The van der Waals surface area contributed by atoms with Gasteiger partial charge in [0.05, 0.1) is 11.0 Å². The molecule has 0 radical (unpaired) electrons. The van der Waals surface area contributed by atoms with Gasteiger partial charge in [0.15, 0.2) is 28.6 Å². The Balaban J connectivity index is 0.850. The van der Waals surface area contributed by atoms with Crippen molar-refractivity contribution in [3.63, 3.8) is 0 Å². The predicted octanol–water partition coefficient (Wildman–Crippen LogP) is 16.1. The maximum Gasteiger partial charge on any atom is 0.227 e. The lowest BCUT2D eigenvalue weighted by Gasteiger charge is -2.11. The summed E-state index contributed by atoms with van der Waals surface area (Å²) in [6.07, 6.45) is 0. The topological polar surface area (TPSA) is 95.7 Å². The van der Waals surface area contributed by atoms with Crippen molar-refractivity contribution in [1.82, 2.24) is 29.5 Å². The van der Waals surface area contributed by atoms with Crippen molar-refractivity contribution in [2.24, 2.45) is 0 Å². The highest BCUT2D eigenvalue weighted by Crippen LogP contribution is 2.40. The first-order valence-electron chi connectivity index (χ1n) is 23.6. The van der Waals surface area contributed by atoms with Crippen molar-refractivity contribution in [1.29, 1.82) is 0 Å². The lowest BCUT2D eigenvalue weighted by molar-refractivity contribution is 0.619. The van der Waals surface area contributed by atoms with E-state index in [4.69, 9.17) is 33.8 Å². The molecule has 14 aromatic rings. The molecule has 0 aliphatic heterocycles. The zero-order valence-corrected chi connectivity index (χ0v) is 37.9. The summed E-state index contributed by atoms with van der Waals surface area (Å²) in [6, 6.07) is 79.4. The van der Waals surface area contributed by atoms with E-state index in [2.05, 4.69) is 138 Å². The first-order chi connectivity index (χ1) is 35.1. The Morgan fingerprint density at radius 2 is 0.761 bits per heavy atom. The van der Waals surface area contributed by atoms with Crippen molar-refractivity contribution < 1.29 is 8.83 Å². The van der Waals surface area contributed by atoms with Crippen molar-refractivity contribution in [2.45, 2.75) is 0 Å². The molecule has 0 spiro atoms. The third-order valence-corrected chi connectivity index (χ3v) is 13.3. The third-order valence-electron chi connectivity index (χ3n) is 13.3. The van der Waals surface area contributed by atoms with Crippen LogP contribution in [0, 0.1) is 0 Å². The van der Waals surface area contributed by atoms with E-state index < -0.39 is 0 Å². The molecule has 0 saturated heterocycles. The van der Waals surface area contributed by atoms with Crippen LogP contribution < -0.4 is 0 Å². The van der Waals surface area contributed by atoms with E-state index in [-0.39, 0.29) is 0 Å². The molecule has 8 heteroatoms. The van der Waals surface area contributed by atoms with Gasteiger partial charge in [0.1, 0.15) is 11.0 Å². The van der Waals surface area contributed by atoms with Gasteiger partial charge in [-0.2, -0.15) is 0 Å². The average Bonchev–Trinajstić information content (AvgIpc) is 4.18. The van der Waals surface area contributed by atoms with Gasteiger partial charge in [0, 0.05) is 44.3 Å². The molecule has 71 heavy (non-hydrogen) atoms. The van der Waals surface area contributed by atoms with Crippen LogP contribution in [0.1, 0.15) is 0 Å². The molecular weight excluding hydrogens is 873 g/mol. The number of rotatable bonds is 8. The van der Waals surface area contributed by atoms with Crippen LogP contribution in [0.2, 0.25) is 0 Å². The minimum Gasteiger partial charge on any atom is -0.436 e. The van der Waals surface area contributed by atoms with Crippen molar-refractivity contribution in [3.05, 3.63) is 231 Å². The number of fused-ring (bicyclic) bond motifs is 7. The molecule has 332 valence electrons. The fraction of sp³-hybridized carbons (Fsp3) is 0. The summed E-state index contributed by atoms with van der Waals surface area (Å²) in [5.41, 5.74) is 15.4. The number of hydrogen-bond donors (Lipinski definition) is 0. The number of hydrogen-bond acceptors (Lipinski definition) is 7. The maximum absolute atomic E-state index is 6.08. The molecule has 0 N–H and O–H groups in total. The van der Waals surface area contributed by atoms with Crippen LogP contribution in [0.25, 0.3) is 140 Å². The van der Waals surface area contributed by atoms with Gasteiger partial charge in [-0.3, -0.25) is 0 Å². The van der Waals surface area contributed by atoms with E-state index in [0.717, 1.165) is 72.3 Å². The van der Waals surface area contributed by atoms with E-state index in [9.17, 15) is 0 Å². The smallest absolute Gasteiger partial charge is 0.227 e. The second-order valence-corrected chi connectivity index (χ2v) is 17.7. The predicted molar refractivity (Wildman–Crippen MR) is 285 cm³/mol. The summed E-state index contributed by atoms with van der Waals surface area (Å²) < 4.78 is 14.6. The molecule has 8 nitrogen and oxygen atoms in total. The fourth-order valence-electron chi connectivity index (χ4n) is 9.79. The van der Waals surface area contributed by atoms with Crippen molar-refractivity contribution >= 4 is 54.8 Å². The molecular formula is C63H38N6O2.